The maximum Gasteiger partial charge on any atom is 0.265 e. The summed E-state index contributed by atoms with van der Waals surface area (Å²) in [7, 11) is 0. The second kappa shape index (κ2) is 6.31. The predicted octanol–water partition coefficient (Wildman–Crippen LogP) is 3.24. The Hall–Kier alpha value is -2.90. The van der Waals surface area contributed by atoms with Crippen molar-refractivity contribution in [3.63, 3.8) is 0 Å². The summed E-state index contributed by atoms with van der Waals surface area (Å²) in [5.41, 5.74) is -0.472. The van der Waals surface area contributed by atoms with Crippen LogP contribution >= 0.6 is 0 Å². The van der Waals surface area contributed by atoms with E-state index in [2.05, 4.69) is 5.32 Å². The average Bonchev–Trinajstić information content (AvgIpc) is 3.03. The molecule has 2 aromatic rings. The van der Waals surface area contributed by atoms with E-state index in [4.69, 9.17) is 14.2 Å². The Morgan fingerprint density at radius 2 is 1.88 bits per heavy atom. The number of amides is 1. The Balaban J connectivity index is 1.68. The van der Waals surface area contributed by atoms with Gasteiger partial charge in [-0.05, 0) is 31.2 Å². The Kier molecular flexibility index (Phi) is 4.20. The summed E-state index contributed by atoms with van der Waals surface area (Å²) < 4.78 is 55.4. The molecule has 1 aliphatic rings. The van der Waals surface area contributed by atoms with E-state index >= 15 is 0 Å². The first-order chi connectivity index (χ1) is 11.5. The zero-order valence-corrected chi connectivity index (χ0v) is 12.4. The van der Waals surface area contributed by atoms with Crippen LogP contribution in [-0.2, 0) is 4.79 Å². The molecule has 1 N–H and O–H groups in total. The Bertz CT molecular complexity index is 797. The van der Waals surface area contributed by atoms with Gasteiger partial charge in [0, 0.05) is 6.07 Å². The minimum Gasteiger partial charge on any atom is -0.481 e. The van der Waals surface area contributed by atoms with E-state index in [9.17, 15) is 18.0 Å². The van der Waals surface area contributed by atoms with Crippen molar-refractivity contribution in [1.29, 1.82) is 0 Å². The molecule has 1 atom stereocenters. The van der Waals surface area contributed by atoms with Crippen LogP contribution in [0.4, 0.5) is 18.9 Å². The van der Waals surface area contributed by atoms with Crippen molar-refractivity contribution >= 4 is 11.6 Å². The Labute approximate surface area is 134 Å². The molecule has 0 fully saturated rings. The van der Waals surface area contributed by atoms with Crippen molar-refractivity contribution in [2.24, 2.45) is 0 Å². The molecule has 0 aromatic heterocycles. The minimum atomic E-state index is -1.66. The van der Waals surface area contributed by atoms with Gasteiger partial charge in [-0.2, -0.15) is 0 Å². The molecule has 1 amide bonds. The molecule has 1 unspecified atom stereocenters. The first-order valence-electron chi connectivity index (χ1n) is 6.96. The van der Waals surface area contributed by atoms with Crippen molar-refractivity contribution in [2.45, 2.75) is 13.0 Å². The van der Waals surface area contributed by atoms with Gasteiger partial charge in [0.2, 0.25) is 6.79 Å². The fourth-order valence-corrected chi connectivity index (χ4v) is 2.06. The van der Waals surface area contributed by atoms with Crippen LogP contribution in [0.2, 0.25) is 0 Å². The summed E-state index contributed by atoms with van der Waals surface area (Å²) in [5.74, 6) is -3.81. The van der Waals surface area contributed by atoms with Gasteiger partial charge >= 0.3 is 0 Å². The number of carbonyl (C=O) groups is 1. The van der Waals surface area contributed by atoms with E-state index in [0.29, 0.717) is 17.2 Å². The number of anilines is 1. The van der Waals surface area contributed by atoms with Crippen LogP contribution in [0.3, 0.4) is 0 Å². The third-order valence-electron chi connectivity index (χ3n) is 3.32. The summed E-state index contributed by atoms with van der Waals surface area (Å²) >= 11 is 0. The number of benzene rings is 2. The summed E-state index contributed by atoms with van der Waals surface area (Å²) in [6.45, 7) is 1.53. The molecule has 1 aliphatic heterocycles. The topological polar surface area (TPSA) is 56.8 Å². The third-order valence-corrected chi connectivity index (χ3v) is 3.32. The fraction of sp³-hybridized carbons (Fsp3) is 0.188. The number of ether oxygens (including phenoxy) is 3. The van der Waals surface area contributed by atoms with Crippen molar-refractivity contribution < 1.29 is 32.2 Å². The smallest absolute Gasteiger partial charge is 0.265 e. The van der Waals surface area contributed by atoms with Gasteiger partial charge in [-0.15, -0.1) is 0 Å². The van der Waals surface area contributed by atoms with Gasteiger partial charge in [0.15, 0.2) is 35.1 Å². The fourth-order valence-electron chi connectivity index (χ4n) is 2.06. The lowest BCUT2D eigenvalue weighted by Crippen LogP contribution is -2.30. The zero-order chi connectivity index (χ0) is 17.3. The van der Waals surface area contributed by atoms with Crippen molar-refractivity contribution in [2.75, 3.05) is 12.1 Å². The average molecular weight is 339 g/mol. The molecular formula is C16H12F3NO4. The first-order valence-corrected chi connectivity index (χ1v) is 6.96. The molecule has 0 spiro atoms. The van der Waals surface area contributed by atoms with E-state index in [1.807, 2.05) is 0 Å². The van der Waals surface area contributed by atoms with Gasteiger partial charge in [0.05, 0.1) is 5.69 Å². The Morgan fingerprint density at radius 3 is 2.67 bits per heavy atom. The maximum atomic E-state index is 13.6. The number of rotatable bonds is 4. The molecule has 126 valence electrons. The minimum absolute atomic E-state index is 0.101. The highest BCUT2D eigenvalue weighted by atomic mass is 19.2. The second-order valence-electron chi connectivity index (χ2n) is 4.99. The van der Waals surface area contributed by atoms with Crippen LogP contribution < -0.4 is 19.5 Å². The van der Waals surface area contributed by atoms with Gasteiger partial charge < -0.3 is 19.5 Å². The maximum absolute atomic E-state index is 13.6. The van der Waals surface area contributed by atoms with Crippen molar-refractivity contribution in [3.05, 3.63) is 47.8 Å². The number of nitrogens with one attached hydrogen (secondary N) is 1. The highest BCUT2D eigenvalue weighted by Gasteiger charge is 2.21. The van der Waals surface area contributed by atoms with Gasteiger partial charge in [-0.3, -0.25) is 4.79 Å². The van der Waals surface area contributed by atoms with Gasteiger partial charge in [-0.1, -0.05) is 0 Å². The molecular weight excluding hydrogens is 327 g/mol. The van der Waals surface area contributed by atoms with Crippen LogP contribution in [-0.4, -0.2) is 18.8 Å². The molecule has 0 radical (unpaired) electrons. The number of hydrogen-bond donors (Lipinski definition) is 1. The monoisotopic (exact) mass is 339 g/mol. The standard InChI is InChI=1S/C16H12F3NO4/c1-8(24-9-2-5-12-13(6-9)23-7-22-12)16(21)20-11-4-3-10(17)14(18)15(11)19/h2-6,8H,7H2,1H3,(H,20,21). The van der Waals surface area contributed by atoms with E-state index in [0.717, 1.165) is 12.1 Å². The number of carbonyl (C=O) groups excluding carboxylic acids is 1. The first kappa shape index (κ1) is 16.0. The molecule has 2 aromatic carbocycles. The summed E-state index contributed by atoms with van der Waals surface area (Å²) in [6, 6.07) is 6.40. The zero-order valence-electron chi connectivity index (χ0n) is 12.4. The quantitative estimate of drug-likeness (QED) is 0.869. The van der Waals surface area contributed by atoms with Gasteiger partial charge in [-0.25, -0.2) is 13.2 Å². The molecule has 8 heteroatoms. The SMILES string of the molecule is CC(Oc1ccc2c(c1)OCO2)C(=O)Nc1ccc(F)c(F)c1F. The highest BCUT2D eigenvalue weighted by Crippen LogP contribution is 2.35. The van der Waals surface area contributed by atoms with Crippen LogP contribution in [0.25, 0.3) is 0 Å². The van der Waals surface area contributed by atoms with Crippen LogP contribution in [0.15, 0.2) is 30.3 Å². The lowest BCUT2D eigenvalue weighted by atomic mass is 10.2. The van der Waals surface area contributed by atoms with Crippen LogP contribution in [0.5, 0.6) is 17.2 Å². The van der Waals surface area contributed by atoms with E-state index in [-0.39, 0.29) is 6.79 Å². The second-order valence-corrected chi connectivity index (χ2v) is 4.99. The number of halogens is 3. The molecule has 1 heterocycles. The van der Waals surface area contributed by atoms with Crippen LogP contribution in [0.1, 0.15) is 6.92 Å². The summed E-state index contributed by atoms with van der Waals surface area (Å²) in [5, 5.41) is 2.15. The van der Waals surface area contributed by atoms with Gasteiger partial charge in [0.1, 0.15) is 5.75 Å². The summed E-state index contributed by atoms with van der Waals surface area (Å²) in [4.78, 5) is 12.0. The van der Waals surface area contributed by atoms with E-state index in [1.54, 1.807) is 18.2 Å². The molecule has 0 aliphatic carbocycles. The molecule has 0 bridgehead atoms. The van der Waals surface area contributed by atoms with Crippen molar-refractivity contribution in [3.8, 4) is 17.2 Å². The van der Waals surface area contributed by atoms with Crippen LogP contribution in [0, 0.1) is 17.5 Å². The molecule has 5 nitrogen and oxygen atoms in total. The molecule has 0 saturated carbocycles. The third kappa shape index (κ3) is 3.08. The number of hydrogen-bond acceptors (Lipinski definition) is 4. The molecule has 3 rings (SSSR count). The van der Waals surface area contributed by atoms with Gasteiger partial charge in [0.25, 0.3) is 5.91 Å². The molecule has 24 heavy (non-hydrogen) atoms. The number of fused-ring (bicyclic) bond motifs is 1. The lowest BCUT2D eigenvalue weighted by molar-refractivity contribution is -0.122. The highest BCUT2D eigenvalue weighted by molar-refractivity contribution is 5.94. The summed E-state index contributed by atoms with van der Waals surface area (Å²) in [6.07, 6.45) is -1.02. The Morgan fingerprint density at radius 1 is 1.12 bits per heavy atom. The molecule has 0 saturated heterocycles. The normalized spacial score (nSPS) is 13.5. The van der Waals surface area contributed by atoms with E-state index < -0.39 is 35.2 Å². The largest absolute Gasteiger partial charge is 0.481 e. The van der Waals surface area contributed by atoms with Crippen molar-refractivity contribution in [1.82, 2.24) is 0 Å². The lowest BCUT2D eigenvalue weighted by Gasteiger charge is -2.15. The van der Waals surface area contributed by atoms with E-state index in [1.165, 1.54) is 6.92 Å². The predicted molar refractivity (Wildman–Crippen MR) is 77.6 cm³/mol.